The number of carbonyl (C=O) groups excluding carboxylic acids is 2. The van der Waals surface area contributed by atoms with Gasteiger partial charge in [-0.25, -0.2) is 10.3 Å². The van der Waals surface area contributed by atoms with Crippen molar-refractivity contribution in [2.24, 2.45) is 0 Å². The average Bonchev–Trinajstić information content (AvgIpc) is 2.68. The number of hydroxylamine groups is 1. The van der Waals surface area contributed by atoms with E-state index in [0.29, 0.717) is 11.8 Å². The Labute approximate surface area is 154 Å². The molecule has 0 aromatic heterocycles. The molecule has 0 atom stereocenters. The first-order chi connectivity index (χ1) is 12.7. The van der Waals surface area contributed by atoms with Crippen molar-refractivity contribution in [1.29, 1.82) is 0 Å². The summed E-state index contributed by atoms with van der Waals surface area (Å²) in [6.45, 7) is 4.29. The lowest BCUT2D eigenvalue weighted by Crippen LogP contribution is -2.20. The summed E-state index contributed by atoms with van der Waals surface area (Å²) in [5.41, 5.74) is 6.63. The van der Waals surface area contributed by atoms with Gasteiger partial charge in [0.15, 0.2) is 6.29 Å². The molecule has 0 unspecified atom stereocenters. The molecule has 0 aliphatic heterocycles. The fraction of sp³-hybridized carbons (Fsp3) is 0.273. The fourth-order valence-corrected chi connectivity index (χ4v) is 2.84. The van der Waals surface area contributed by atoms with Gasteiger partial charge in [-0.15, -0.1) is 0 Å². The third-order valence-corrected chi connectivity index (χ3v) is 4.04. The van der Waals surface area contributed by atoms with E-state index in [0.717, 1.165) is 31.2 Å². The van der Waals surface area contributed by atoms with Crippen molar-refractivity contribution >= 4 is 18.3 Å². The van der Waals surface area contributed by atoms with Crippen molar-refractivity contribution in [3.05, 3.63) is 76.5 Å². The molecule has 0 amide bonds. The van der Waals surface area contributed by atoms with E-state index in [9.17, 15) is 9.59 Å². The van der Waals surface area contributed by atoms with E-state index in [1.807, 2.05) is 18.2 Å². The average molecular weight is 351 g/mol. The third kappa shape index (κ3) is 5.31. The van der Waals surface area contributed by atoms with Gasteiger partial charge >= 0.3 is 5.97 Å². The molecule has 136 valence electrons. The maximum absolute atomic E-state index is 12.0. The summed E-state index contributed by atoms with van der Waals surface area (Å²) < 4.78 is 0. The van der Waals surface area contributed by atoms with Crippen LogP contribution in [0.5, 0.6) is 0 Å². The number of aldehydes is 1. The van der Waals surface area contributed by atoms with Gasteiger partial charge in [0, 0.05) is 0 Å². The second kappa shape index (κ2) is 10.2. The summed E-state index contributed by atoms with van der Waals surface area (Å²) in [5, 5.41) is 0. The Morgan fingerprint density at radius 2 is 1.73 bits per heavy atom. The summed E-state index contributed by atoms with van der Waals surface area (Å²) in [6.07, 6.45) is 6.42. The van der Waals surface area contributed by atoms with E-state index in [-0.39, 0.29) is 5.70 Å². The smallest absolute Gasteiger partial charge is 0.338 e. The van der Waals surface area contributed by atoms with Crippen LogP contribution in [-0.2, 0) is 22.5 Å². The lowest BCUT2D eigenvalue weighted by atomic mass is 9.94. The van der Waals surface area contributed by atoms with Crippen molar-refractivity contribution < 1.29 is 14.4 Å². The van der Waals surface area contributed by atoms with E-state index in [2.05, 4.69) is 25.4 Å². The minimum Gasteiger partial charge on any atom is -0.338 e. The molecule has 0 aliphatic carbocycles. The molecule has 4 heteroatoms. The Balaban J connectivity index is 2.18. The highest BCUT2D eigenvalue weighted by atomic mass is 16.7. The summed E-state index contributed by atoms with van der Waals surface area (Å²) in [5.74, 6) is -0.535. The maximum Gasteiger partial charge on any atom is 0.362 e. The van der Waals surface area contributed by atoms with E-state index in [4.69, 9.17) is 4.84 Å². The zero-order valence-corrected chi connectivity index (χ0v) is 15.3. The fourth-order valence-electron chi connectivity index (χ4n) is 2.84. The molecule has 0 saturated carbocycles. The Morgan fingerprint density at radius 1 is 1.00 bits per heavy atom. The predicted octanol–water partition coefficient (Wildman–Crippen LogP) is 4.49. The second-order valence-corrected chi connectivity index (χ2v) is 6.06. The van der Waals surface area contributed by atoms with Crippen LogP contribution in [0.4, 0.5) is 0 Å². The SMILES string of the molecule is CCCc1cccc(C=C(C=O)NOC(=O)c2ccccc2)c1CCC. The Bertz CT molecular complexity index is 766. The minimum absolute atomic E-state index is 0.209. The van der Waals surface area contributed by atoms with Crippen molar-refractivity contribution in [1.82, 2.24) is 5.48 Å². The highest BCUT2D eigenvalue weighted by Gasteiger charge is 2.09. The number of hydrogen-bond acceptors (Lipinski definition) is 4. The molecule has 26 heavy (non-hydrogen) atoms. The Kier molecular flexibility index (Phi) is 7.62. The number of carbonyl (C=O) groups is 2. The zero-order chi connectivity index (χ0) is 18.8. The molecule has 4 nitrogen and oxygen atoms in total. The molecule has 2 rings (SSSR count). The Hall–Kier alpha value is -2.88. The van der Waals surface area contributed by atoms with Crippen molar-refractivity contribution in [2.45, 2.75) is 39.5 Å². The van der Waals surface area contributed by atoms with Crippen molar-refractivity contribution in [2.75, 3.05) is 0 Å². The van der Waals surface area contributed by atoms with Gasteiger partial charge in [-0.3, -0.25) is 4.79 Å². The van der Waals surface area contributed by atoms with Gasteiger partial charge in [0.1, 0.15) is 5.70 Å². The first-order valence-corrected chi connectivity index (χ1v) is 8.99. The van der Waals surface area contributed by atoms with Crippen LogP contribution in [0.1, 0.15) is 53.7 Å². The minimum atomic E-state index is -0.535. The molecule has 0 radical (unpaired) electrons. The van der Waals surface area contributed by atoms with Crippen LogP contribution in [0.25, 0.3) is 6.08 Å². The summed E-state index contributed by atoms with van der Waals surface area (Å²) in [7, 11) is 0. The molecule has 0 fully saturated rings. The molecular formula is C22H25NO3. The molecular weight excluding hydrogens is 326 g/mol. The lowest BCUT2D eigenvalue weighted by Gasteiger charge is -2.13. The summed E-state index contributed by atoms with van der Waals surface area (Å²) >= 11 is 0. The highest BCUT2D eigenvalue weighted by Crippen LogP contribution is 2.21. The van der Waals surface area contributed by atoms with Crippen LogP contribution < -0.4 is 5.48 Å². The monoisotopic (exact) mass is 351 g/mol. The highest BCUT2D eigenvalue weighted by molar-refractivity contribution is 5.89. The van der Waals surface area contributed by atoms with Crippen molar-refractivity contribution in [3.63, 3.8) is 0 Å². The van der Waals surface area contributed by atoms with Gasteiger partial charge in [-0.2, -0.15) is 0 Å². The number of benzene rings is 2. The maximum atomic E-state index is 12.0. The van der Waals surface area contributed by atoms with E-state index in [1.54, 1.807) is 30.3 Å². The molecule has 0 bridgehead atoms. The Morgan fingerprint density at radius 3 is 2.38 bits per heavy atom. The topological polar surface area (TPSA) is 55.4 Å². The third-order valence-electron chi connectivity index (χ3n) is 4.04. The second-order valence-electron chi connectivity index (χ2n) is 6.06. The first kappa shape index (κ1) is 19.4. The van der Waals surface area contributed by atoms with Crippen molar-refractivity contribution in [3.8, 4) is 0 Å². The molecule has 0 spiro atoms. The van der Waals surface area contributed by atoms with Gasteiger partial charge in [0.05, 0.1) is 5.56 Å². The van der Waals surface area contributed by atoms with Gasteiger partial charge in [0.2, 0.25) is 0 Å². The summed E-state index contributed by atoms with van der Waals surface area (Å²) in [6, 6.07) is 14.7. The van der Waals surface area contributed by atoms with Gasteiger partial charge in [-0.05, 0) is 47.7 Å². The molecule has 0 aliphatic rings. The van der Waals surface area contributed by atoms with Crippen LogP contribution in [0.2, 0.25) is 0 Å². The standard InChI is InChI=1S/C22H25NO3/c1-3-9-17-13-8-14-19(21(17)10-4-2)15-20(16-24)23-26-22(25)18-11-6-5-7-12-18/h5-8,11-16,23H,3-4,9-10H2,1-2H3. The predicted molar refractivity (Wildman–Crippen MR) is 103 cm³/mol. The van der Waals surface area contributed by atoms with E-state index < -0.39 is 5.97 Å². The van der Waals surface area contributed by atoms with Crippen LogP contribution in [-0.4, -0.2) is 12.3 Å². The number of rotatable bonds is 9. The molecule has 0 heterocycles. The zero-order valence-electron chi connectivity index (χ0n) is 15.3. The number of aryl methyl sites for hydroxylation is 1. The van der Waals surface area contributed by atoms with Gasteiger partial charge < -0.3 is 4.84 Å². The largest absolute Gasteiger partial charge is 0.362 e. The van der Waals surface area contributed by atoms with Gasteiger partial charge in [0.25, 0.3) is 0 Å². The normalized spacial score (nSPS) is 11.1. The first-order valence-electron chi connectivity index (χ1n) is 8.99. The number of hydrogen-bond donors (Lipinski definition) is 1. The summed E-state index contributed by atoms with van der Waals surface area (Å²) in [4.78, 5) is 28.5. The molecule has 1 N–H and O–H groups in total. The number of allylic oxidation sites excluding steroid dienone is 1. The van der Waals surface area contributed by atoms with Crippen LogP contribution in [0, 0.1) is 0 Å². The van der Waals surface area contributed by atoms with Crippen LogP contribution >= 0.6 is 0 Å². The lowest BCUT2D eigenvalue weighted by molar-refractivity contribution is -0.106. The van der Waals surface area contributed by atoms with Crippen LogP contribution in [0.3, 0.4) is 0 Å². The molecule has 2 aromatic carbocycles. The van der Waals surface area contributed by atoms with E-state index in [1.165, 1.54) is 11.1 Å². The number of nitrogens with one attached hydrogen (secondary N) is 1. The quantitative estimate of drug-likeness (QED) is 0.411. The van der Waals surface area contributed by atoms with E-state index >= 15 is 0 Å². The molecule has 0 saturated heterocycles. The molecule has 2 aromatic rings. The van der Waals surface area contributed by atoms with Gasteiger partial charge in [-0.1, -0.05) is 63.1 Å². The van der Waals surface area contributed by atoms with Crippen LogP contribution in [0.15, 0.2) is 54.2 Å².